The summed E-state index contributed by atoms with van der Waals surface area (Å²) in [4.78, 5) is 0. The van der Waals surface area contributed by atoms with Crippen molar-refractivity contribution in [2.24, 2.45) is 0 Å². The Morgan fingerprint density at radius 2 is 2.44 bits per heavy atom. The van der Waals surface area contributed by atoms with Gasteiger partial charge in [-0.25, -0.2) is 0 Å². The fourth-order valence-corrected chi connectivity index (χ4v) is 2.18. The molecule has 0 aliphatic rings. The molecule has 9 heavy (non-hydrogen) atoms. The average molecular weight is 183 g/mol. The monoisotopic (exact) mass is 182 g/mol. The lowest BCUT2D eigenvalue weighted by molar-refractivity contribution is 1.40. The summed E-state index contributed by atoms with van der Waals surface area (Å²) in [6.45, 7) is 5.78. The molecule has 0 fully saturated rings. The van der Waals surface area contributed by atoms with Crippen molar-refractivity contribution in [3.8, 4) is 0 Å². The summed E-state index contributed by atoms with van der Waals surface area (Å²) in [7, 11) is 0. The number of hydrogen-bond acceptors (Lipinski definition) is 2. The Morgan fingerprint density at radius 3 is 2.89 bits per heavy atom. The molecular formula is C6H11ClS2. The smallest absolute Gasteiger partial charge is 0.0515 e. The lowest BCUT2D eigenvalue weighted by Gasteiger charge is -2.04. The Hall–Kier alpha value is 0.730. The fourth-order valence-electron chi connectivity index (χ4n) is 0.385. The quantitative estimate of drug-likeness (QED) is 0.473. The molecule has 3 heteroatoms. The van der Waals surface area contributed by atoms with Crippen LogP contribution in [0.25, 0.3) is 0 Å². The molecule has 0 nitrogen and oxygen atoms in total. The predicted molar refractivity (Wildman–Crippen MR) is 50.4 cm³/mol. The van der Waals surface area contributed by atoms with Crippen LogP contribution in [-0.2, 0) is 0 Å². The second-order valence-corrected chi connectivity index (χ2v) is 4.87. The van der Waals surface area contributed by atoms with E-state index in [1.165, 1.54) is 0 Å². The van der Waals surface area contributed by atoms with Crippen LogP contribution in [0.4, 0.5) is 0 Å². The molecule has 54 valence electrons. The van der Waals surface area contributed by atoms with Crippen LogP contribution in [0.5, 0.6) is 0 Å². The summed E-state index contributed by atoms with van der Waals surface area (Å²) in [5.74, 6) is 1.77. The Balaban J connectivity index is 3.04. The van der Waals surface area contributed by atoms with Gasteiger partial charge in [-0.15, -0.1) is 35.1 Å². The van der Waals surface area contributed by atoms with Gasteiger partial charge in [0.05, 0.1) is 4.58 Å². The molecule has 0 saturated carbocycles. The van der Waals surface area contributed by atoms with Gasteiger partial charge in [0, 0.05) is 11.6 Å². The van der Waals surface area contributed by atoms with Gasteiger partial charge in [0.1, 0.15) is 0 Å². The van der Waals surface area contributed by atoms with Crippen LogP contribution in [0.15, 0.2) is 12.0 Å². The van der Waals surface area contributed by atoms with Gasteiger partial charge >= 0.3 is 0 Å². The molecule has 0 N–H and O–H groups in total. The maximum Gasteiger partial charge on any atom is 0.0515 e. The average Bonchev–Trinajstić information content (AvgIpc) is 1.85. The summed E-state index contributed by atoms with van der Waals surface area (Å²) in [5, 5.41) is 1.87. The molecule has 0 radical (unpaired) electrons. The molecule has 0 aromatic heterocycles. The Kier molecular flexibility index (Phi) is 7.40. The highest BCUT2D eigenvalue weighted by Gasteiger charge is 1.97. The van der Waals surface area contributed by atoms with E-state index < -0.39 is 0 Å². The maximum atomic E-state index is 5.49. The molecule has 0 aliphatic carbocycles. The topological polar surface area (TPSA) is 0 Å². The highest BCUT2D eigenvalue weighted by Crippen LogP contribution is 2.22. The van der Waals surface area contributed by atoms with Crippen molar-refractivity contribution in [1.29, 1.82) is 0 Å². The lowest BCUT2D eigenvalue weighted by Crippen LogP contribution is -1.89. The van der Waals surface area contributed by atoms with Gasteiger partial charge in [-0.2, -0.15) is 0 Å². The Morgan fingerprint density at radius 1 is 1.78 bits per heavy atom. The molecule has 0 spiro atoms. The molecule has 0 rings (SSSR count). The van der Waals surface area contributed by atoms with Crippen LogP contribution in [0, 0.1) is 0 Å². The summed E-state index contributed by atoms with van der Waals surface area (Å²) in [6, 6.07) is 0. The summed E-state index contributed by atoms with van der Waals surface area (Å²) >= 11 is 9.09. The van der Waals surface area contributed by atoms with Gasteiger partial charge in [-0.05, 0) is 12.3 Å². The predicted octanol–water partition coefficient (Wildman–Crippen LogP) is 3.18. The van der Waals surface area contributed by atoms with E-state index in [1.807, 2.05) is 17.2 Å². The van der Waals surface area contributed by atoms with Crippen LogP contribution in [0.3, 0.4) is 0 Å². The molecule has 0 amide bonds. The maximum absolute atomic E-state index is 5.49. The minimum atomic E-state index is 0.598. The first kappa shape index (κ1) is 9.73. The van der Waals surface area contributed by atoms with Gasteiger partial charge in [0.25, 0.3) is 0 Å². The number of thioether (sulfide) groups is 2. The summed E-state index contributed by atoms with van der Waals surface area (Å²) in [6.07, 6.45) is 0. The van der Waals surface area contributed by atoms with Gasteiger partial charge in [-0.3, -0.25) is 0 Å². The molecule has 0 heterocycles. The molecule has 1 unspecified atom stereocenters. The lowest BCUT2D eigenvalue weighted by atomic mass is 10.9. The van der Waals surface area contributed by atoms with Crippen LogP contribution in [-0.4, -0.2) is 16.2 Å². The molecule has 0 aromatic carbocycles. The van der Waals surface area contributed by atoms with E-state index in [4.69, 9.17) is 11.6 Å². The first-order chi connectivity index (χ1) is 4.31. The van der Waals surface area contributed by atoms with E-state index >= 15 is 0 Å². The van der Waals surface area contributed by atoms with Crippen molar-refractivity contribution in [1.82, 2.24) is 0 Å². The van der Waals surface area contributed by atoms with Crippen molar-refractivity contribution in [2.75, 3.05) is 11.6 Å². The first-order valence-electron chi connectivity index (χ1n) is 2.75. The molecule has 0 bridgehead atoms. The first-order valence-corrected chi connectivity index (χ1v) is 5.27. The normalized spacial score (nSPS) is 13.1. The van der Waals surface area contributed by atoms with Gasteiger partial charge < -0.3 is 0 Å². The van der Waals surface area contributed by atoms with E-state index in [0.717, 1.165) is 11.6 Å². The van der Waals surface area contributed by atoms with Gasteiger partial charge in [0.2, 0.25) is 0 Å². The fraction of sp³-hybridized carbons (Fsp3) is 0.667. The Bertz CT molecular complexity index is 75.5. The third-order valence-corrected chi connectivity index (χ3v) is 3.36. The third-order valence-electron chi connectivity index (χ3n) is 0.718. The molecule has 1 atom stereocenters. The Labute approximate surface area is 70.4 Å². The van der Waals surface area contributed by atoms with Crippen LogP contribution in [0.2, 0.25) is 0 Å². The van der Waals surface area contributed by atoms with E-state index in [2.05, 4.69) is 13.5 Å². The van der Waals surface area contributed by atoms with Crippen molar-refractivity contribution < 1.29 is 0 Å². The highest BCUT2D eigenvalue weighted by atomic mass is 35.5. The number of rotatable bonds is 5. The van der Waals surface area contributed by atoms with Crippen LogP contribution >= 0.6 is 35.1 Å². The zero-order chi connectivity index (χ0) is 7.11. The van der Waals surface area contributed by atoms with Crippen LogP contribution < -0.4 is 0 Å². The minimum absolute atomic E-state index is 0.598. The number of alkyl halides is 1. The standard InChI is InChI=1S/C6H11ClS2/c1-3-8-6(2)9-5-4-7/h3,6H,1,4-5H2,2H3. The van der Waals surface area contributed by atoms with Crippen molar-refractivity contribution >= 4 is 35.1 Å². The van der Waals surface area contributed by atoms with Crippen molar-refractivity contribution in [2.45, 2.75) is 11.5 Å². The van der Waals surface area contributed by atoms with E-state index in [1.54, 1.807) is 11.8 Å². The van der Waals surface area contributed by atoms with Gasteiger partial charge in [-0.1, -0.05) is 6.58 Å². The second-order valence-electron chi connectivity index (χ2n) is 1.43. The van der Waals surface area contributed by atoms with E-state index in [9.17, 15) is 0 Å². The summed E-state index contributed by atoms with van der Waals surface area (Å²) in [5.41, 5.74) is 0. The van der Waals surface area contributed by atoms with Crippen molar-refractivity contribution in [3.63, 3.8) is 0 Å². The van der Waals surface area contributed by atoms with Crippen LogP contribution in [0.1, 0.15) is 6.92 Å². The van der Waals surface area contributed by atoms with Gasteiger partial charge in [0.15, 0.2) is 0 Å². The minimum Gasteiger partial charge on any atom is -0.146 e. The molecule has 0 aliphatic heterocycles. The second kappa shape index (κ2) is 6.84. The van der Waals surface area contributed by atoms with E-state index in [-0.39, 0.29) is 0 Å². The zero-order valence-electron chi connectivity index (χ0n) is 5.47. The number of hydrogen-bond donors (Lipinski definition) is 0. The summed E-state index contributed by atoms with van der Waals surface area (Å²) < 4.78 is 0.598. The van der Waals surface area contributed by atoms with Crippen molar-refractivity contribution in [3.05, 3.63) is 12.0 Å². The SMILES string of the molecule is C=CSC(C)SCCCl. The molecule has 0 aromatic rings. The molecule has 0 saturated heterocycles. The van der Waals surface area contributed by atoms with E-state index in [0.29, 0.717) is 4.58 Å². The third kappa shape index (κ3) is 6.62. The number of halogens is 1. The zero-order valence-corrected chi connectivity index (χ0v) is 7.86. The largest absolute Gasteiger partial charge is 0.146 e. The highest BCUT2D eigenvalue weighted by molar-refractivity contribution is 8.18. The molecular weight excluding hydrogens is 172 g/mol.